The minimum atomic E-state index is -0.618. The van der Waals surface area contributed by atoms with E-state index in [0.717, 1.165) is 26.8 Å². The molecule has 5 nitrogen and oxygen atoms in total. The van der Waals surface area contributed by atoms with Crippen LogP contribution in [-0.4, -0.2) is 39.1 Å². The zero-order chi connectivity index (χ0) is 17.3. The van der Waals surface area contributed by atoms with E-state index >= 15 is 0 Å². The van der Waals surface area contributed by atoms with Crippen molar-refractivity contribution in [3.8, 4) is 0 Å². The summed E-state index contributed by atoms with van der Waals surface area (Å²) in [4.78, 5) is 8.30. The lowest BCUT2D eigenvalue weighted by molar-refractivity contribution is 0.351. The molecule has 0 spiro atoms. The lowest BCUT2D eigenvalue weighted by atomic mass is 9.81. The minimum Gasteiger partial charge on any atom is -0.511 e. The summed E-state index contributed by atoms with van der Waals surface area (Å²) in [5.74, 6) is 0.107. The van der Waals surface area contributed by atoms with Gasteiger partial charge in [0.15, 0.2) is 0 Å². The Morgan fingerprint density at radius 2 is 2.09 bits per heavy atom. The SMILES string of the molecule is C=NC1=C(N)C(C2=C(I)C=C(O)C(N)C2N=C)=C(C)CC1I=C. The van der Waals surface area contributed by atoms with Crippen LogP contribution in [0.15, 0.2) is 53.5 Å². The molecule has 0 saturated carbocycles. The molecule has 0 bridgehead atoms. The normalized spacial score (nSPS) is 28.8. The fraction of sp³-hybridized carbons (Fsp3) is 0.312. The predicted molar refractivity (Wildman–Crippen MR) is 116 cm³/mol. The van der Waals surface area contributed by atoms with Gasteiger partial charge in [0.1, 0.15) is 5.76 Å². The van der Waals surface area contributed by atoms with Gasteiger partial charge in [-0.15, -0.1) is 20.7 Å². The number of aliphatic hydroxyl groups is 1. The first-order valence-electron chi connectivity index (χ1n) is 6.92. The van der Waals surface area contributed by atoms with Crippen LogP contribution < -0.4 is 11.5 Å². The maximum atomic E-state index is 9.99. The van der Waals surface area contributed by atoms with Gasteiger partial charge >= 0.3 is 0 Å². The smallest absolute Gasteiger partial charge is 0.113 e. The van der Waals surface area contributed by atoms with Gasteiger partial charge in [-0.1, -0.05) is 10.1 Å². The number of alkyl halides is 1. The number of halogens is 2. The Morgan fingerprint density at radius 3 is 2.61 bits per heavy atom. The van der Waals surface area contributed by atoms with Crippen LogP contribution >= 0.6 is 43.3 Å². The molecule has 0 aromatic heterocycles. The second-order valence-corrected chi connectivity index (χ2v) is 8.97. The Hall–Kier alpha value is -0.810. The van der Waals surface area contributed by atoms with Crippen molar-refractivity contribution in [3.63, 3.8) is 0 Å². The van der Waals surface area contributed by atoms with Crippen molar-refractivity contribution in [2.75, 3.05) is 0 Å². The van der Waals surface area contributed by atoms with Crippen LogP contribution in [0.2, 0.25) is 0 Å². The maximum absolute atomic E-state index is 9.99. The van der Waals surface area contributed by atoms with Gasteiger partial charge in [-0.05, 0) is 55.4 Å². The summed E-state index contributed by atoms with van der Waals surface area (Å²) >= 11 is 1.89. The lowest BCUT2D eigenvalue weighted by Crippen LogP contribution is -2.40. The molecule has 2 rings (SSSR count). The van der Waals surface area contributed by atoms with Crippen molar-refractivity contribution in [1.29, 1.82) is 0 Å². The second kappa shape index (κ2) is 7.39. The van der Waals surface area contributed by atoms with Crippen molar-refractivity contribution in [1.82, 2.24) is 0 Å². The van der Waals surface area contributed by atoms with Crippen LogP contribution in [0.5, 0.6) is 0 Å². The highest BCUT2D eigenvalue weighted by atomic mass is 127. The molecule has 2 aliphatic carbocycles. The van der Waals surface area contributed by atoms with E-state index in [1.807, 2.05) is 0 Å². The quantitative estimate of drug-likeness (QED) is 0.292. The molecular weight excluding hydrogens is 518 g/mol. The van der Waals surface area contributed by atoms with E-state index < -0.39 is 12.1 Å². The highest BCUT2D eigenvalue weighted by molar-refractivity contribution is 14.2. The molecule has 3 atom stereocenters. The third-order valence-electron chi connectivity index (χ3n) is 4.09. The Bertz CT molecular complexity index is 703. The molecule has 0 saturated heterocycles. The van der Waals surface area contributed by atoms with Gasteiger partial charge in [0.2, 0.25) is 0 Å². The number of allylic oxidation sites excluding steroid dienone is 5. The van der Waals surface area contributed by atoms with Crippen LogP contribution in [0.1, 0.15) is 13.3 Å². The van der Waals surface area contributed by atoms with E-state index in [1.54, 1.807) is 6.08 Å². The number of nitrogens with two attached hydrogens (primary N) is 2. The molecule has 2 aliphatic rings. The zero-order valence-corrected chi connectivity index (χ0v) is 17.2. The molecule has 0 amide bonds. The van der Waals surface area contributed by atoms with Crippen LogP contribution in [-0.2, 0) is 0 Å². The summed E-state index contributed by atoms with van der Waals surface area (Å²) in [7, 11) is 0. The Kier molecular flexibility index (Phi) is 5.95. The third-order valence-corrected chi connectivity index (χ3v) is 7.07. The van der Waals surface area contributed by atoms with Crippen molar-refractivity contribution in [2.45, 2.75) is 29.4 Å². The molecule has 7 heteroatoms. The summed E-state index contributed by atoms with van der Waals surface area (Å²) in [6, 6.07) is -1.06. The third kappa shape index (κ3) is 3.22. The van der Waals surface area contributed by atoms with E-state index in [1.165, 1.54) is 5.57 Å². The number of hydrogen-bond acceptors (Lipinski definition) is 5. The number of rotatable bonds is 4. The first kappa shape index (κ1) is 18.5. The Balaban J connectivity index is 2.70. The standard InChI is InChI=1S/C16H20I2N4O/c1-7-5-9(18-2)15(21-3)14(20)11(7)12-8(17)6-10(23)13(19)16(12)22-4/h6,9,13,16,23H,2-5,19-20H2,1H3. The minimum absolute atomic E-state index is 0.107. The van der Waals surface area contributed by atoms with Crippen LogP contribution in [0.3, 0.4) is 0 Å². The molecule has 0 radical (unpaired) electrons. The summed E-state index contributed by atoms with van der Waals surface area (Å²) < 4.78 is 5.23. The largest absolute Gasteiger partial charge is 0.511 e. The summed E-state index contributed by atoms with van der Waals surface area (Å²) in [5.41, 5.74) is 17.0. The monoisotopic (exact) mass is 538 g/mol. The average Bonchev–Trinajstić information content (AvgIpc) is 2.51. The van der Waals surface area contributed by atoms with Gasteiger partial charge < -0.3 is 16.6 Å². The number of hydrogen-bond donors (Lipinski definition) is 3. The lowest BCUT2D eigenvalue weighted by Gasteiger charge is -2.33. The Labute approximate surface area is 159 Å². The van der Waals surface area contributed by atoms with Crippen LogP contribution in [0.4, 0.5) is 0 Å². The van der Waals surface area contributed by atoms with Gasteiger partial charge in [0, 0.05) is 14.7 Å². The van der Waals surface area contributed by atoms with Crippen molar-refractivity contribution < 1.29 is 5.11 Å². The molecule has 0 heterocycles. The molecule has 0 aliphatic heterocycles. The fourth-order valence-corrected chi connectivity index (χ4v) is 5.77. The van der Waals surface area contributed by atoms with Crippen LogP contribution in [0, 0.1) is 0 Å². The molecule has 124 valence electrons. The summed E-state index contributed by atoms with van der Waals surface area (Å²) in [6.07, 6.45) is 2.53. The second-order valence-electron chi connectivity index (χ2n) is 5.42. The molecule has 3 unspecified atom stereocenters. The van der Waals surface area contributed by atoms with Gasteiger partial charge in [-0.3, -0.25) is 9.98 Å². The Morgan fingerprint density at radius 1 is 1.43 bits per heavy atom. The van der Waals surface area contributed by atoms with Gasteiger partial charge in [0.05, 0.1) is 27.4 Å². The molecule has 0 aromatic carbocycles. The van der Waals surface area contributed by atoms with Gasteiger partial charge in [-0.2, -0.15) is 0 Å². The van der Waals surface area contributed by atoms with Crippen molar-refractivity contribution in [2.24, 2.45) is 21.5 Å². The predicted octanol–water partition coefficient (Wildman–Crippen LogP) is 2.89. The average molecular weight is 538 g/mol. The van der Waals surface area contributed by atoms with E-state index in [9.17, 15) is 5.11 Å². The number of nitrogens with zero attached hydrogens (tertiary/aromatic N) is 2. The molecule has 0 fully saturated rings. The van der Waals surface area contributed by atoms with E-state index in [0.29, 0.717) is 5.70 Å². The molecule has 5 N–H and O–H groups in total. The van der Waals surface area contributed by atoms with Gasteiger partial charge in [-0.25, -0.2) is 0 Å². The molecule has 0 aromatic rings. The summed E-state index contributed by atoms with van der Waals surface area (Å²) in [6.45, 7) is 9.38. The topological polar surface area (TPSA) is 97.0 Å². The van der Waals surface area contributed by atoms with E-state index in [4.69, 9.17) is 11.5 Å². The van der Waals surface area contributed by atoms with E-state index in [-0.39, 0.29) is 30.4 Å². The van der Waals surface area contributed by atoms with E-state index in [2.05, 4.69) is 57.4 Å². The highest BCUT2D eigenvalue weighted by Crippen LogP contribution is 2.43. The molecule has 23 heavy (non-hydrogen) atoms. The number of aliphatic hydroxyl groups excluding tert-OH is 1. The number of aliphatic imine (C=N–C) groups is 2. The first-order chi connectivity index (χ1) is 10.9. The highest BCUT2D eigenvalue weighted by Gasteiger charge is 2.36. The zero-order valence-electron chi connectivity index (χ0n) is 12.9. The maximum Gasteiger partial charge on any atom is 0.113 e. The first-order valence-corrected chi connectivity index (χ1v) is 10.8. The fourth-order valence-electron chi connectivity index (χ4n) is 2.94. The van der Waals surface area contributed by atoms with Gasteiger partial charge in [0.25, 0.3) is 0 Å². The van der Waals surface area contributed by atoms with Crippen LogP contribution in [0.25, 0.3) is 0 Å². The summed E-state index contributed by atoms with van der Waals surface area (Å²) in [5, 5.41) is 9.99. The van der Waals surface area contributed by atoms with Crippen molar-refractivity contribution >= 4 is 61.3 Å². The molecular formula is C16H20I2N4O. The van der Waals surface area contributed by atoms with Crippen molar-refractivity contribution in [3.05, 3.63) is 43.5 Å².